The van der Waals surface area contributed by atoms with Crippen LogP contribution in [0.4, 0.5) is 0 Å². The number of carbonyl (C=O) groups is 1. The molecule has 2 N–H and O–H groups in total. The van der Waals surface area contributed by atoms with Crippen LogP contribution in [-0.4, -0.2) is 65.7 Å². The zero-order chi connectivity index (χ0) is 16.3. The summed E-state index contributed by atoms with van der Waals surface area (Å²) in [5, 5.41) is 0. The molecule has 0 amide bonds. The maximum Gasteiger partial charge on any atom is 0.325 e. The minimum absolute atomic E-state index is 0.225. The normalized spacial score (nSPS) is 22.6. The quantitative estimate of drug-likeness (QED) is 0.779. The summed E-state index contributed by atoms with van der Waals surface area (Å²) in [6, 6.07) is 0.284. The smallest absolute Gasteiger partial charge is 0.325 e. The van der Waals surface area contributed by atoms with E-state index in [0.29, 0.717) is 13.0 Å². The molecule has 1 heterocycles. The first-order valence-electron chi connectivity index (χ1n) is 8.03. The molecule has 5 heteroatoms. The highest BCUT2D eigenvalue weighted by Crippen LogP contribution is 2.20. The molecule has 5 nitrogen and oxygen atoms in total. The Kier molecular flexibility index (Phi) is 6.20. The van der Waals surface area contributed by atoms with Crippen LogP contribution in [0, 0.1) is 0 Å². The van der Waals surface area contributed by atoms with Crippen LogP contribution in [0.1, 0.15) is 48.0 Å². The van der Waals surface area contributed by atoms with Gasteiger partial charge < -0.3 is 10.5 Å². The molecule has 1 fully saturated rings. The molecule has 2 atom stereocenters. The van der Waals surface area contributed by atoms with Gasteiger partial charge in [0, 0.05) is 37.8 Å². The van der Waals surface area contributed by atoms with Crippen LogP contribution in [0.2, 0.25) is 0 Å². The minimum atomic E-state index is -0.906. The fraction of sp³-hybridized carbons (Fsp3) is 0.938. The average Bonchev–Trinajstić information content (AvgIpc) is 2.37. The second kappa shape index (κ2) is 7.07. The maximum absolute atomic E-state index is 11.9. The van der Waals surface area contributed by atoms with Gasteiger partial charge >= 0.3 is 5.97 Å². The molecule has 0 aromatic carbocycles. The molecule has 1 aliphatic heterocycles. The molecule has 0 radical (unpaired) electrons. The number of carbonyl (C=O) groups excluding carboxylic acids is 1. The van der Waals surface area contributed by atoms with Gasteiger partial charge in [-0.3, -0.25) is 14.6 Å². The topological polar surface area (TPSA) is 58.8 Å². The Morgan fingerprint density at radius 3 is 2.14 bits per heavy atom. The summed E-state index contributed by atoms with van der Waals surface area (Å²) >= 11 is 0. The molecular formula is C16H33N3O2. The highest BCUT2D eigenvalue weighted by Gasteiger charge is 2.35. The third kappa shape index (κ3) is 5.24. The van der Waals surface area contributed by atoms with Gasteiger partial charge in [-0.15, -0.1) is 0 Å². The fourth-order valence-corrected chi connectivity index (χ4v) is 2.96. The Morgan fingerprint density at radius 2 is 1.71 bits per heavy atom. The largest absolute Gasteiger partial charge is 0.465 e. The number of esters is 1. The summed E-state index contributed by atoms with van der Waals surface area (Å²) in [7, 11) is 0. The lowest BCUT2D eigenvalue weighted by Gasteiger charge is -2.44. The number of ether oxygens (including phenoxy) is 1. The van der Waals surface area contributed by atoms with E-state index < -0.39 is 5.54 Å². The molecule has 1 aliphatic rings. The van der Waals surface area contributed by atoms with Crippen LogP contribution in [-0.2, 0) is 9.53 Å². The van der Waals surface area contributed by atoms with Gasteiger partial charge in [0.25, 0.3) is 0 Å². The molecule has 124 valence electrons. The van der Waals surface area contributed by atoms with E-state index in [-0.39, 0.29) is 17.6 Å². The summed E-state index contributed by atoms with van der Waals surface area (Å²) in [5.74, 6) is -0.301. The van der Waals surface area contributed by atoms with Crippen molar-refractivity contribution in [2.45, 2.75) is 65.1 Å². The Bertz CT molecular complexity index is 342. The zero-order valence-electron chi connectivity index (χ0n) is 14.6. The third-order valence-corrected chi connectivity index (χ3v) is 4.35. The van der Waals surface area contributed by atoms with Crippen molar-refractivity contribution in [1.29, 1.82) is 0 Å². The van der Waals surface area contributed by atoms with E-state index in [1.807, 2.05) is 6.92 Å². The van der Waals surface area contributed by atoms with Crippen molar-refractivity contribution in [3.05, 3.63) is 0 Å². The highest BCUT2D eigenvalue weighted by atomic mass is 16.5. The zero-order valence-corrected chi connectivity index (χ0v) is 14.6. The van der Waals surface area contributed by atoms with Gasteiger partial charge in [0.15, 0.2) is 0 Å². The van der Waals surface area contributed by atoms with Crippen molar-refractivity contribution in [3.63, 3.8) is 0 Å². The number of piperazine rings is 1. The maximum atomic E-state index is 11.9. The molecule has 1 saturated heterocycles. The van der Waals surface area contributed by atoms with Gasteiger partial charge in [0.2, 0.25) is 0 Å². The number of nitrogens with zero attached hydrogens (tertiary/aromatic N) is 2. The molecule has 0 aromatic heterocycles. The Labute approximate surface area is 129 Å². The summed E-state index contributed by atoms with van der Waals surface area (Å²) in [5.41, 5.74) is 5.46. The van der Waals surface area contributed by atoms with Crippen LogP contribution >= 0.6 is 0 Å². The minimum Gasteiger partial charge on any atom is -0.465 e. The molecule has 1 rings (SSSR count). The number of hydrogen-bond acceptors (Lipinski definition) is 5. The lowest BCUT2D eigenvalue weighted by atomic mass is 9.93. The van der Waals surface area contributed by atoms with Crippen LogP contribution in [0.5, 0.6) is 0 Å². The van der Waals surface area contributed by atoms with Crippen LogP contribution in [0.15, 0.2) is 0 Å². The summed E-state index contributed by atoms with van der Waals surface area (Å²) in [6.45, 7) is 17.0. The summed E-state index contributed by atoms with van der Waals surface area (Å²) in [4.78, 5) is 16.8. The second-order valence-electron chi connectivity index (χ2n) is 7.38. The Morgan fingerprint density at radius 1 is 1.19 bits per heavy atom. The monoisotopic (exact) mass is 299 g/mol. The van der Waals surface area contributed by atoms with Gasteiger partial charge in [-0.25, -0.2) is 0 Å². The lowest BCUT2D eigenvalue weighted by molar-refractivity contribution is -0.149. The first kappa shape index (κ1) is 18.4. The third-order valence-electron chi connectivity index (χ3n) is 4.35. The number of nitrogens with two attached hydrogens (primary N) is 1. The van der Waals surface area contributed by atoms with Gasteiger partial charge in [0.05, 0.1) is 6.61 Å². The van der Waals surface area contributed by atoms with E-state index in [4.69, 9.17) is 10.5 Å². The van der Waals surface area contributed by atoms with E-state index in [1.165, 1.54) is 0 Å². The molecule has 0 spiro atoms. The van der Waals surface area contributed by atoms with Crippen LogP contribution < -0.4 is 5.73 Å². The van der Waals surface area contributed by atoms with E-state index in [1.54, 1.807) is 6.92 Å². The lowest BCUT2D eigenvalue weighted by Crippen LogP contribution is -2.57. The fourth-order valence-electron chi connectivity index (χ4n) is 2.96. The van der Waals surface area contributed by atoms with Crippen LogP contribution in [0.25, 0.3) is 0 Å². The second-order valence-corrected chi connectivity index (χ2v) is 7.38. The number of rotatable bonds is 5. The predicted molar refractivity (Wildman–Crippen MR) is 86.2 cm³/mol. The first-order chi connectivity index (χ1) is 9.58. The van der Waals surface area contributed by atoms with Gasteiger partial charge in [-0.2, -0.15) is 0 Å². The van der Waals surface area contributed by atoms with Crippen molar-refractivity contribution < 1.29 is 9.53 Å². The predicted octanol–water partition coefficient (Wildman–Crippen LogP) is 1.46. The molecular weight excluding hydrogens is 266 g/mol. The first-order valence-corrected chi connectivity index (χ1v) is 8.03. The molecule has 0 aliphatic carbocycles. The van der Waals surface area contributed by atoms with Crippen molar-refractivity contribution >= 4 is 5.97 Å². The van der Waals surface area contributed by atoms with Crippen LogP contribution in [0.3, 0.4) is 0 Å². The molecule has 0 bridgehead atoms. The molecule has 0 saturated carbocycles. The highest BCUT2D eigenvalue weighted by molar-refractivity contribution is 5.80. The number of hydrogen-bond donors (Lipinski definition) is 1. The van der Waals surface area contributed by atoms with E-state index in [0.717, 1.165) is 26.2 Å². The summed E-state index contributed by atoms with van der Waals surface area (Å²) < 4.78 is 5.07. The van der Waals surface area contributed by atoms with E-state index in [2.05, 4.69) is 37.5 Å². The summed E-state index contributed by atoms with van der Waals surface area (Å²) in [6.07, 6.45) is 0.626. The Hall–Kier alpha value is -0.650. The Balaban J connectivity index is 2.51. The van der Waals surface area contributed by atoms with Crippen molar-refractivity contribution in [3.8, 4) is 0 Å². The van der Waals surface area contributed by atoms with Gasteiger partial charge in [-0.1, -0.05) is 0 Å². The van der Waals surface area contributed by atoms with E-state index >= 15 is 0 Å². The van der Waals surface area contributed by atoms with E-state index in [9.17, 15) is 4.79 Å². The molecule has 21 heavy (non-hydrogen) atoms. The molecule has 2 unspecified atom stereocenters. The SMILES string of the molecule is CCOC(=O)C(C)(N)CC(C)N1CCN(C(C)(C)C)CC1. The van der Waals surface area contributed by atoms with Crippen molar-refractivity contribution in [1.82, 2.24) is 9.80 Å². The van der Waals surface area contributed by atoms with Crippen molar-refractivity contribution in [2.75, 3.05) is 32.8 Å². The van der Waals surface area contributed by atoms with Gasteiger partial charge in [-0.05, 0) is 48.0 Å². The molecule has 0 aromatic rings. The van der Waals surface area contributed by atoms with Gasteiger partial charge in [0.1, 0.15) is 5.54 Å². The average molecular weight is 299 g/mol. The standard InChI is InChI=1S/C16H33N3O2/c1-7-21-14(20)16(6,17)12-13(2)18-8-10-19(11-9-18)15(3,4)5/h13H,7-12,17H2,1-6H3. The van der Waals surface area contributed by atoms with Crippen molar-refractivity contribution in [2.24, 2.45) is 5.73 Å².